The first kappa shape index (κ1) is 17.4. The third-order valence-electron chi connectivity index (χ3n) is 3.27. The summed E-state index contributed by atoms with van der Waals surface area (Å²) in [5.74, 6) is 0.0413. The third kappa shape index (κ3) is 4.79. The number of methoxy groups -OCH3 is 1. The van der Waals surface area contributed by atoms with E-state index in [0.29, 0.717) is 42.1 Å². The van der Waals surface area contributed by atoms with Gasteiger partial charge in [0.05, 0.1) is 18.4 Å². The number of nitrogens with zero attached hydrogens (tertiary/aromatic N) is 1. The Balaban J connectivity index is 2.08. The number of benzene rings is 1. The van der Waals surface area contributed by atoms with Gasteiger partial charge in [0.15, 0.2) is 0 Å². The topological polar surface area (TPSA) is 106 Å². The lowest BCUT2D eigenvalue weighted by Crippen LogP contribution is -2.15. The number of nitrogens with one attached hydrogen (secondary N) is 2. The minimum atomic E-state index is -0.291. The maximum Gasteiger partial charge on any atom is 0.257 e. The van der Waals surface area contributed by atoms with E-state index in [1.165, 1.54) is 13.3 Å². The fourth-order valence-corrected chi connectivity index (χ4v) is 2.05. The molecule has 7 nitrogen and oxygen atoms in total. The first-order valence-corrected chi connectivity index (χ1v) is 7.53. The van der Waals surface area contributed by atoms with Crippen molar-refractivity contribution >= 4 is 23.2 Å². The molecular formula is C17H20N4O3. The van der Waals surface area contributed by atoms with Gasteiger partial charge in [-0.05, 0) is 37.2 Å². The van der Waals surface area contributed by atoms with Gasteiger partial charge in [0.1, 0.15) is 5.75 Å². The van der Waals surface area contributed by atoms with Gasteiger partial charge < -0.3 is 21.1 Å². The van der Waals surface area contributed by atoms with Crippen molar-refractivity contribution in [3.63, 3.8) is 0 Å². The first-order chi connectivity index (χ1) is 11.6. The number of amides is 2. The minimum absolute atomic E-state index is 0.116. The van der Waals surface area contributed by atoms with E-state index in [0.717, 1.165) is 0 Å². The standard InChI is InChI=1S/C17H20N4O3/c1-24-15-10-13(20-16(22)5-2-8-18)6-7-14(15)21-17(23)12-4-3-9-19-11-12/h3-4,6-7,9-11H,2,5,8,18H2,1H3,(H,20,22)(H,21,23). The van der Waals surface area contributed by atoms with E-state index >= 15 is 0 Å². The van der Waals surface area contributed by atoms with Crippen molar-refractivity contribution in [1.29, 1.82) is 0 Å². The predicted molar refractivity (Wildman–Crippen MR) is 92.1 cm³/mol. The molecule has 126 valence electrons. The van der Waals surface area contributed by atoms with Crippen molar-refractivity contribution in [2.75, 3.05) is 24.3 Å². The van der Waals surface area contributed by atoms with Crippen LogP contribution in [0.25, 0.3) is 0 Å². The molecule has 1 aromatic heterocycles. The number of nitrogens with two attached hydrogens (primary N) is 1. The highest BCUT2D eigenvalue weighted by molar-refractivity contribution is 6.05. The SMILES string of the molecule is COc1cc(NC(=O)CCCN)ccc1NC(=O)c1cccnc1. The Morgan fingerprint density at radius 1 is 1.25 bits per heavy atom. The van der Waals surface area contributed by atoms with Crippen LogP contribution in [0.4, 0.5) is 11.4 Å². The van der Waals surface area contributed by atoms with E-state index in [2.05, 4.69) is 15.6 Å². The molecule has 2 rings (SSSR count). The van der Waals surface area contributed by atoms with E-state index in [1.54, 1.807) is 36.5 Å². The number of hydrogen-bond donors (Lipinski definition) is 3. The second-order valence-corrected chi connectivity index (χ2v) is 5.05. The van der Waals surface area contributed by atoms with Crippen LogP contribution < -0.4 is 21.1 Å². The van der Waals surface area contributed by atoms with Crippen LogP contribution in [0.1, 0.15) is 23.2 Å². The van der Waals surface area contributed by atoms with Crippen LogP contribution >= 0.6 is 0 Å². The molecular weight excluding hydrogens is 308 g/mol. The average molecular weight is 328 g/mol. The molecule has 0 unspecified atom stereocenters. The van der Waals surface area contributed by atoms with Gasteiger partial charge in [-0.3, -0.25) is 14.6 Å². The summed E-state index contributed by atoms with van der Waals surface area (Å²) in [6, 6.07) is 8.37. The minimum Gasteiger partial charge on any atom is -0.494 e. The molecule has 24 heavy (non-hydrogen) atoms. The van der Waals surface area contributed by atoms with Crippen LogP contribution in [0.15, 0.2) is 42.7 Å². The Hall–Kier alpha value is -2.93. The number of anilines is 2. The summed E-state index contributed by atoms with van der Waals surface area (Å²) in [7, 11) is 1.50. The Morgan fingerprint density at radius 3 is 2.75 bits per heavy atom. The van der Waals surface area contributed by atoms with Crippen molar-refractivity contribution in [3.05, 3.63) is 48.3 Å². The Kier molecular flexibility index (Phi) is 6.27. The van der Waals surface area contributed by atoms with E-state index in [4.69, 9.17) is 10.5 Å². The fraction of sp³-hybridized carbons (Fsp3) is 0.235. The number of aromatic nitrogens is 1. The van der Waals surface area contributed by atoms with Gasteiger partial charge in [0, 0.05) is 30.6 Å². The zero-order chi connectivity index (χ0) is 17.4. The maximum atomic E-state index is 12.2. The summed E-state index contributed by atoms with van der Waals surface area (Å²) in [5, 5.41) is 5.53. The van der Waals surface area contributed by atoms with Crippen LogP contribution in [-0.2, 0) is 4.79 Å². The van der Waals surface area contributed by atoms with Gasteiger partial charge in [0.2, 0.25) is 5.91 Å². The van der Waals surface area contributed by atoms with Crippen LogP contribution in [0.2, 0.25) is 0 Å². The van der Waals surface area contributed by atoms with Crippen molar-refractivity contribution in [2.45, 2.75) is 12.8 Å². The Labute approximate surface area is 140 Å². The average Bonchev–Trinajstić information content (AvgIpc) is 2.61. The molecule has 0 aliphatic carbocycles. The lowest BCUT2D eigenvalue weighted by atomic mass is 10.2. The summed E-state index contributed by atoms with van der Waals surface area (Å²) in [4.78, 5) is 27.8. The zero-order valence-corrected chi connectivity index (χ0v) is 13.4. The van der Waals surface area contributed by atoms with Crippen molar-refractivity contribution in [2.24, 2.45) is 5.73 Å². The zero-order valence-electron chi connectivity index (χ0n) is 13.4. The molecule has 0 aliphatic rings. The maximum absolute atomic E-state index is 12.2. The number of hydrogen-bond acceptors (Lipinski definition) is 5. The van der Waals surface area contributed by atoms with E-state index in [1.807, 2.05) is 0 Å². The number of carbonyl (C=O) groups is 2. The summed E-state index contributed by atoms with van der Waals surface area (Å²) < 4.78 is 5.28. The highest BCUT2D eigenvalue weighted by Gasteiger charge is 2.11. The second-order valence-electron chi connectivity index (χ2n) is 5.05. The van der Waals surface area contributed by atoms with E-state index < -0.39 is 0 Å². The molecule has 0 fully saturated rings. The summed E-state index contributed by atoms with van der Waals surface area (Å²) in [6.07, 6.45) is 4.06. The lowest BCUT2D eigenvalue weighted by Gasteiger charge is -2.12. The largest absolute Gasteiger partial charge is 0.494 e. The molecule has 0 spiro atoms. The second kappa shape index (κ2) is 8.64. The number of pyridine rings is 1. The summed E-state index contributed by atoms with van der Waals surface area (Å²) in [6.45, 7) is 0.468. The summed E-state index contributed by atoms with van der Waals surface area (Å²) >= 11 is 0. The van der Waals surface area contributed by atoms with Crippen molar-refractivity contribution in [3.8, 4) is 5.75 Å². The number of rotatable bonds is 7. The quantitative estimate of drug-likeness (QED) is 0.721. The van der Waals surface area contributed by atoms with Crippen LogP contribution in [0.5, 0.6) is 5.75 Å². The smallest absolute Gasteiger partial charge is 0.257 e. The molecule has 0 radical (unpaired) electrons. The monoisotopic (exact) mass is 328 g/mol. The normalized spacial score (nSPS) is 10.1. The van der Waals surface area contributed by atoms with Gasteiger partial charge in [0.25, 0.3) is 5.91 Å². The first-order valence-electron chi connectivity index (χ1n) is 7.53. The van der Waals surface area contributed by atoms with Gasteiger partial charge in [-0.2, -0.15) is 0 Å². The molecule has 1 heterocycles. The highest BCUT2D eigenvalue weighted by atomic mass is 16.5. The molecule has 0 saturated heterocycles. The third-order valence-corrected chi connectivity index (χ3v) is 3.27. The van der Waals surface area contributed by atoms with Gasteiger partial charge >= 0.3 is 0 Å². The number of ether oxygens (including phenoxy) is 1. The molecule has 2 amide bonds. The molecule has 7 heteroatoms. The fourth-order valence-electron chi connectivity index (χ4n) is 2.05. The van der Waals surface area contributed by atoms with Crippen LogP contribution in [0.3, 0.4) is 0 Å². The van der Waals surface area contributed by atoms with E-state index in [-0.39, 0.29) is 11.8 Å². The highest BCUT2D eigenvalue weighted by Crippen LogP contribution is 2.28. The molecule has 0 saturated carbocycles. The van der Waals surface area contributed by atoms with Gasteiger partial charge in [-0.1, -0.05) is 0 Å². The van der Waals surface area contributed by atoms with Crippen LogP contribution in [0, 0.1) is 0 Å². The molecule has 4 N–H and O–H groups in total. The Bertz CT molecular complexity index is 704. The molecule has 0 atom stereocenters. The van der Waals surface area contributed by atoms with E-state index in [9.17, 15) is 9.59 Å². The van der Waals surface area contributed by atoms with Crippen LogP contribution in [-0.4, -0.2) is 30.5 Å². The van der Waals surface area contributed by atoms with Crippen molar-refractivity contribution < 1.29 is 14.3 Å². The lowest BCUT2D eigenvalue weighted by molar-refractivity contribution is -0.116. The van der Waals surface area contributed by atoms with Gasteiger partial charge in [-0.15, -0.1) is 0 Å². The predicted octanol–water partition coefficient (Wildman–Crippen LogP) is 2.02. The number of carbonyl (C=O) groups excluding carboxylic acids is 2. The van der Waals surface area contributed by atoms with Gasteiger partial charge in [-0.25, -0.2) is 0 Å². The Morgan fingerprint density at radius 2 is 2.08 bits per heavy atom. The molecule has 0 aliphatic heterocycles. The van der Waals surface area contributed by atoms with Crippen molar-refractivity contribution in [1.82, 2.24) is 4.98 Å². The molecule has 1 aromatic carbocycles. The molecule has 2 aromatic rings. The molecule has 0 bridgehead atoms. The summed E-state index contributed by atoms with van der Waals surface area (Å²) in [5.41, 5.74) is 6.93.